The van der Waals surface area contributed by atoms with Gasteiger partial charge in [0.25, 0.3) is 10.0 Å². The fourth-order valence-corrected chi connectivity index (χ4v) is 5.67. The molecule has 1 atom stereocenters. The summed E-state index contributed by atoms with van der Waals surface area (Å²) in [6.07, 6.45) is 8.76. The maximum atomic E-state index is 12.8. The van der Waals surface area contributed by atoms with Gasteiger partial charge in [-0.05, 0) is 42.1 Å². The first-order chi connectivity index (χ1) is 15.1. The van der Waals surface area contributed by atoms with E-state index < -0.39 is 20.0 Å². The molecule has 1 aromatic heterocycles. The van der Waals surface area contributed by atoms with E-state index in [1.165, 1.54) is 50.4 Å². The average Bonchev–Trinajstić information content (AvgIpc) is 2.74. The summed E-state index contributed by atoms with van der Waals surface area (Å²) >= 11 is 0. The average molecular weight is 481 g/mol. The third kappa shape index (κ3) is 7.18. The van der Waals surface area contributed by atoms with Crippen molar-refractivity contribution in [3.63, 3.8) is 0 Å². The lowest BCUT2D eigenvalue weighted by Gasteiger charge is -2.28. The van der Waals surface area contributed by atoms with E-state index in [2.05, 4.69) is 26.7 Å². The highest BCUT2D eigenvalue weighted by Gasteiger charge is 2.20. The van der Waals surface area contributed by atoms with Gasteiger partial charge in [-0.3, -0.25) is 9.44 Å². The minimum atomic E-state index is -3.92. The van der Waals surface area contributed by atoms with Crippen LogP contribution in [0.2, 0.25) is 0 Å². The fourth-order valence-electron chi connectivity index (χ4n) is 4.09. The lowest BCUT2D eigenvalue weighted by Crippen LogP contribution is -2.27. The zero-order valence-electron chi connectivity index (χ0n) is 18.5. The van der Waals surface area contributed by atoms with Crippen LogP contribution < -0.4 is 14.8 Å². The summed E-state index contributed by atoms with van der Waals surface area (Å²) in [5, 5.41) is 3.29. The van der Waals surface area contributed by atoms with Crippen LogP contribution in [0.25, 0.3) is 0 Å². The quantitative estimate of drug-likeness (QED) is 0.479. The summed E-state index contributed by atoms with van der Waals surface area (Å²) in [5.74, 6) is 1.35. The number of nitrogens with zero attached hydrogens (tertiary/aromatic N) is 1. The highest BCUT2D eigenvalue weighted by molar-refractivity contribution is 7.92. The Morgan fingerprint density at radius 1 is 1.00 bits per heavy atom. The Balaban J connectivity index is 1.63. The first-order valence-corrected chi connectivity index (χ1v) is 14.3. The van der Waals surface area contributed by atoms with Gasteiger partial charge in [0.05, 0.1) is 23.8 Å². The number of anilines is 2. The lowest BCUT2D eigenvalue weighted by atomic mass is 9.81. The number of hydrogen-bond acceptors (Lipinski definition) is 6. The molecule has 176 valence electrons. The van der Waals surface area contributed by atoms with Crippen molar-refractivity contribution >= 4 is 31.4 Å². The highest BCUT2D eigenvalue weighted by atomic mass is 32.2. The van der Waals surface area contributed by atoms with Crippen LogP contribution in [0.5, 0.6) is 0 Å². The Morgan fingerprint density at radius 2 is 1.72 bits per heavy atom. The van der Waals surface area contributed by atoms with Crippen LogP contribution in [0.15, 0.2) is 47.6 Å². The van der Waals surface area contributed by atoms with Crippen LogP contribution in [0.1, 0.15) is 44.6 Å². The summed E-state index contributed by atoms with van der Waals surface area (Å²) in [6.45, 7) is 3.73. The highest BCUT2D eigenvalue weighted by Crippen LogP contribution is 2.29. The predicted molar refractivity (Wildman–Crippen MR) is 127 cm³/mol. The van der Waals surface area contributed by atoms with E-state index in [-0.39, 0.29) is 10.7 Å². The van der Waals surface area contributed by atoms with Crippen molar-refractivity contribution in [2.24, 2.45) is 11.8 Å². The maximum absolute atomic E-state index is 12.8. The summed E-state index contributed by atoms with van der Waals surface area (Å²) in [5.41, 5.74) is 1.54. The van der Waals surface area contributed by atoms with Gasteiger partial charge in [-0.2, -0.15) is 8.42 Å². The van der Waals surface area contributed by atoms with Crippen molar-refractivity contribution in [1.82, 2.24) is 10.3 Å². The van der Waals surface area contributed by atoms with Crippen LogP contribution in [-0.2, 0) is 26.6 Å². The third-order valence-corrected chi connectivity index (χ3v) is 7.70. The van der Waals surface area contributed by atoms with Crippen LogP contribution in [-0.4, -0.2) is 34.6 Å². The molecule has 1 aliphatic rings. The minimum absolute atomic E-state index is 0.190. The Labute approximate surface area is 191 Å². The second kappa shape index (κ2) is 10.6. The standard InChI is InChI=1S/C22H32N4O4S2/c1-17(18-8-4-3-5-9-18)14-23-15-19-10-6-7-11-21(19)26-32(29,30)22-13-12-20(16-24-22)25-31(2,27)28/h6-7,10-13,16-18,23,25-26H,3-5,8-9,14-15H2,1-2H3. The van der Waals surface area contributed by atoms with E-state index in [0.29, 0.717) is 18.2 Å². The van der Waals surface area contributed by atoms with Crippen LogP contribution in [0.3, 0.4) is 0 Å². The zero-order chi connectivity index (χ0) is 23.2. The summed E-state index contributed by atoms with van der Waals surface area (Å²) in [4.78, 5) is 3.90. The molecule has 0 amide bonds. The van der Waals surface area contributed by atoms with Gasteiger partial charge in [-0.25, -0.2) is 13.4 Å². The van der Waals surface area contributed by atoms with Gasteiger partial charge in [-0.15, -0.1) is 0 Å². The van der Waals surface area contributed by atoms with E-state index in [1.807, 2.05) is 12.1 Å². The van der Waals surface area contributed by atoms with E-state index in [1.54, 1.807) is 12.1 Å². The molecule has 1 fully saturated rings. The molecule has 3 rings (SSSR count). The number of nitrogens with one attached hydrogen (secondary N) is 3. The summed E-state index contributed by atoms with van der Waals surface area (Å²) in [6, 6.07) is 9.90. The Bertz CT molecular complexity index is 1100. The molecule has 0 spiro atoms. The van der Waals surface area contributed by atoms with Crippen molar-refractivity contribution in [1.29, 1.82) is 0 Å². The first-order valence-electron chi connectivity index (χ1n) is 10.9. The molecule has 32 heavy (non-hydrogen) atoms. The van der Waals surface area contributed by atoms with E-state index in [4.69, 9.17) is 0 Å². The van der Waals surface area contributed by atoms with E-state index >= 15 is 0 Å². The number of rotatable bonds is 10. The molecular formula is C22H32N4O4S2. The molecule has 3 N–H and O–H groups in total. The molecule has 0 radical (unpaired) electrons. The van der Waals surface area contributed by atoms with Crippen LogP contribution in [0, 0.1) is 11.8 Å². The van der Waals surface area contributed by atoms with Gasteiger partial charge >= 0.3 is 0 Å². The van der Waals surface area contributed by atoms with Crippen molar-refractivity contribution in [3.05, 3.63) is 48.2 Å². The molecule has 2 aromatic rings. The van der Waals surface area contributed by atoms with Gasteiger partial charge in [0.15, 0.2) is 5.03 Å². The monoisotopic (exact) mass is 480 g/mol. The lowest BCUT2D eigenvalue weighted by molar-refractivity contribution is 0.256. The topological polar surface area (TPSA) is 117 Å². The van der Waals surface area contributed by atoms with Gasteiger partial charge in [0.1, 0.15) is 0 Å². The predicted octanol–water partition coefficient (Wildman–Crippen LogP) is 3.56. The normalized spacial score (nSPS) is 16.4. The molecular weight excluding hydrogens is 448 g/mol. The molecule has 1 unspecified atom stereocenters. The molecule has 10 heteroatoms. The number of para-hydroxylation sites is 1. The maximum Gasteiger partial charge on any atom is 0.279 e. The second-order valence-electron chi connectivity index (χ2n) is 8.53. The Morgan fingerprint density at radius 3 is 2.38 bits per heavy atom. The smallest absolute Gasteiger partial charge is 0.279 e. The largest absolute Gasteiger partial charge is 0.312 e. The number of pyridine rings is 1. The van der Waals surface area contributed by atoms with Crippen LogP contribution in [0.4, 0.5) is 11.4 Å². The molecule has 1 saturated carbocycles. The van der Waals surface area contributed by atoms with Gasteiger partial charge in [-0.1, -0.05) is 57.2 Å². The number of benzene rings is 1. The molecule has 1 aliphatic carbocycles. The Kier molecular flexibility index (Phi) is 8.13. The number of aromatic nitrogens is 1. The summed E-state index contributed by atoms with van der Waals surface area (Å²) in [7, 11) is -7.39. The zero-order valence-corrected chi connectivity index (χ0v) is 20.2. The van der Waals surface area contributed by atoms with Crippen molar-refractivity contribution < 1.29 is 16.8 Å². The van der Waals surface area contributed by atoms with Crippen LogP contribution >= 0.6 is 0 Å². The summed E-state index contributed by atoms with van der Waals surface area (Å²) < 4.78 is 53.1. The SMILES string of the molecule is CC(CNCc1ccccc1NS(=O)(=O)c1ccc(NS(C)(=O)=O)cn1)C1CCCCC1. The van der Waals surface area contributed by atoms with E-state index in [9.17, 15) is 16.8 Å². The van der Waals surface area contributed by atoms with Crippen molar-refractivity contribution in [3.8, 4) is 0 Å². The van der Waals surface area contributed by atoms with Gasteiger partial charge in [0, 0.05) is 6.54 Å². The molecule has 0 saturated heterocycles. The Hall–Kier alpha value is -2.17. The molecule has 0 aliphatic heterocycles. The fraction of sp³-hybridized carbons (Fsp3) is 0.500. The molecule has 8 nitrogen and oxygen atoms in total. The van der Waals surface area contributed by atoms with Gasteiger partial charge < -0.3 is 5.32 Å². The number of hydrogen-bond donors (Lipinski definition) is 3. The third-order valence-electron chi connectivity index (χ3n) is 5.81. The van der Waals surface area contributed by atoms with Crippen molar-refractivity contribution in [2.75, 3.05) is 22.2 Å². The van der Waals surface area contributed by atoms with E-state index in [0.717, 1.165) is 24.3 Å². The second-order valence-corrected chi connectivity index (χ2v) is 11.9. The molecule has 0 bridgehead atoms. The van der Waals surface area contributed by atoms with Gasteiger partial charge in [0.2, 0.25) is 10.0 Å². The number of sulfonamides is 2. The first kappa shape index (κ1) is 24.5. The molecule has 1 aromatic carbocycles. The minimum Gasteiger partial charge on any atom is -0.312 e. The molecule has 1 heterocycles. The van der Waals surface area contributed by atoms with Crippen molar-refractivity contribution in [2.45, 2.75) is 50.6 Å².